The average Bonchev–Trinajstić information content (AvgIpc) is 2.49. The number of rotatable bonds is 7. The van der Waals surface area contributed by atoms with Crippen LogP contribution in [-0.2, 0) is 11.2 Å². The molecule has 0 aromatic heterocycles. The molecule has 1 heterocycles. The van der Waals surface area contributed by atoms with Crippen LogP contribution in [0.2, 0.25) is 0 Å². The zero-order valence-corrected chi connectivity index (χ0v) is 13.7. The maximum Gasteiger partial charge on any atom is 0.0900 e. The van der Waals surface area contributed by atoms with E-state index in [1.807, 2.05) is 32.0 Å². The molecule has 1 fully saturated rings. The number of aliphatic hydroxyl groups excluding tert-OH is 1. The Bertz CT molecular complexity index is 427. The van der Waals surface area contributed by atoms with E-state index < -0.39 is 11.7 Å². The minimum atomic E-state index is -0.614. The van der Waals surface area contributed by atoms with Gasteiger partial charge in [-0.3, -0.25) is 0 Å². The Balaban J connectivity index is 1.75. The number of aliphatic hydroxyl groups is 2. The van der Waals surface area contributed by atoms with Crippen LogP contribution in [0.1, 0.15) is 32.3 Å². The van der Waals surface area contributed by atoms with Crippen molar-refractivity contribution in [1.29, 1.82) is 0 Å². The quantitative estimate of drug-likeness (QED) is 0.807. The van der Waals surface area contributed by atoms with Crippen molar-refractivity contribution in [3.8, 4) is 0 Å². The number of nitrogens with zero attached hydrogens (tertiary/aromatic N) is 1. The van der Waals surface area contributed by atoms with E-state index in [4.69, 9.17) is 4.74 Å². The molecule has 1 aliphatic rings. The highest BCUT2D eigenvalue weighted by atomic mass is 16.5. The van der Waals surface area contributed by atoms with Crippen molar-refractivity contribution in [1.82, 2.24) is 4.90 Å². The fourth-order valence-corrected chi connectivity index (χ4v) is 2.96. The van der Waals surface area contributed by atoms with E-state index in [1.54, 1.807) is 0 Å². The van der Waals surface area contributed by atoms with Gasteiger partial charge in [-0.2, -0.15) is 0 Å². The number of piperidine rings is 1. The zero-order chi connectivity index (χ0) is 16.0. The van der Waals surface area contributed by atoms with Crippen LogP contribution in [0.4, 0.5) is 0 Å². The second kappa shape index (κ2) is 8.06. The van der Waals surface area contributed by atoms with E-state index in [9.17, 15) is 10.2 Å². The molecule has 2 rings (SSSR count). The summed E-state index contributed by atoms with van der Waals surface area (Å²) >= 11 is 0. The summed E-state index contributed by atoms with van der Waals surface area (Å²) in [6, 6.07) is 10.2. The Hall–Kier alpha value is -0.940. The van der Waals surface area contributed by atoms with Crippen molar-refractivity contribution in [2.45, 2.75) is 50.9 Å². The highest BCUT2D eigenvalue weighted by Crippen LogP contribution is 2.26. The molecule has 2 N–H and O–H groups in total. The van der Waals surface area contributed by atoms with Crippen LogP contribution in [0, 0.1) is 0 Å². The summed E-state index contributed by atoms with van der Waals surface area (Å²) in [6.07, 6.45) is 1.90. The summed E-state index contributed by atoms with van der Waals surface area (Å²) in [7, 11) is 0. The number of β-amino-alcohol motifs (C(OH)–C–C–N with tert-alkyl or cyclic N) is 1. The van der Waals surface area contributed by atoms with Crippen LogP contribution < -0.4 is 0 Å². The molecule has 4 nitrogen and oxygen atoms in total. The van der Waals surface area contributed by atoms with Gasteiger partial charge < -0.3 is 19.8 Å². The van der Waals surface area contributed by atoms with Gasteiger partial charge in [0.25, 0.3) is 0 Å². The molecule has 0 radical (unpaired) electrons. The number of likely N-dealkylation sites (tertiary alicyclic amines) is 1. The lowest BCUT2D eigenvalue weighted by molar-refractivity contribution is -0.0444. The molecule has 1 aliphatic heterocycles. The second-order valence-electron chi connectivity index (χ2n) is 6.72. The van der Waals surface area contributed by atoms with Crippen LogP contribution in [0.25, 0.3) is 0 Å². The Morgan fingerprint density at radius 1 is 1.18 bits per heavy atom. The highest BCUT2D eigenvalue weighted by Gasteiger charge is 2.32. The first-order valence-electron chi connectivity index (χ1n) is 8.25. The molecule has 1 aromatic rings. The largest absolute Gasteiger partial charge is 0.389 e. The molecule has 0 saturated carbocycles. The van der Waals surface area contributed by atoms with Gasteiger partial charge in [0, 0.05) is 26.1 Å². The average molecular weight is 307 g/mol. The number of ether oxygens (including phenoxy) is 1. The third-order valence-electron chi connectivity index (χ3n) is 4.25. The summed E-state index contributed by atoms with van der Waals surface area (Å²) in [5, 5.41) is 20.7. The smallest absolute Gasteiger partial charge is 0.0900 e. The van der Waals surface area contributed by atoms with Crippen molar-refractivity contribution in [2.75, 3.05) is 26.2 Å². The lowest BCUT2D eigenvalue weighted by Gasteiger charge is -2.39. The van der Waals surface area contributed by atoms with Gasteiger partial charge in [-0.05, 0) is 32.3 Å². The van der Waals surface area contributed by atoms with E-state index in [1.165, 1.54) is 5.56 Å². The molecule has 1 atom stereocenters. The fourth-order valence-electron chi connectivity index (χ4n) is 2.96. The molecule has 22 heavy (non-hydrogen) atoms. The first kappa shape index (κ1) is 17.4. The van der Waals surface area contributed by atoms with Gasteiger partial charge in [0.2, 0.25) is 0 Å². The summed E-state index contributed by atoms with van der Waals surface area (Å²) < 4.78 is 5.44. The van der Waals surface area contributed by atoms with E-state index in [0.29, 0.717) is 19.6 Å². The normalized spacial score (nSPS) is 20.2. The Morgan fingerprint density at radius 2 is 1.82 bits per heavy atom. The molecule has 1 aromatic carbocycles. The van der Waals surface area contributed by atoms with Gasteiger partial charge >= 0.3 is 0 Å². The summed E-state index contributed by atoms with van der Waals surface area (Å²) in [5.41, 5.74) is 0.570. The van der Waals surface area contributed by atoms with Gasteiger partial charge in [0.1, 0.15) is 0 Å². The van der Waals surface area contributed by atoms with Crippen molar-refractivity contribution < 1.29 is 14.9 Å². The Kier molecular flexibility index (Phi) is 6.38. The van der Waals surface area contributed by atoms with E-state index >= 15 is 0 Å². The fraction of sp³-hybridized carbons (Fsp3) is 0.667. The predicted molar refractivity (Wildman–Crippen MR) is 87.9 cm³/mol. The molecular weight excluding hydrogens is 278 g/mol. The van der Waals surface area contributed by atoms with Gasteiger partial charge in [0.15, 0.2) is 0 Å². The lowest BCUT2D eigenvalue weighted by Crippen LogP contribution is -2.48. The second-order valence-corrected chi connectivity index (χ2v) is 6.72. The van der Waals surface area contributed by atoms with Crippen LogP contribution in [-0.4, -0.2) is 59.2 Å². The van der Waals surface area contributed by atoms with Crippen LogP contribution in [0.5, 0.6) is 0 Å². The highest BCUT2D eigenvalue weighted by molar-refractivity contribution is 5.17. The van der Waals surface area contributed by atoms with Gasteiger partial charge in [-0.1, -0.05) is 30.3 Å². The first-order chi connectivity index (χ1) is 10.5. The SMILES string of the molecule is CC(C)OCC(O)CN1CCC(O)(Cc2ccccc2)CC1. The maximum atomic E-state index is 10.7. The van der Waals surface area contributed by atoms with Crippen molar-refractivity contribution in [3.05, 3.63) is 35.9 Å². The zero-order valence-electron chi connectivity index (χ0n) is 13.7. The Labute approximate surface area is 133 Å². The summed E-state index contributed by atoms with van der Waals surface area (Å²) in [4.78, 5) is 2.22. The van der Waals surface area contributed by atoms with Crippen molar-refractivity contribution in [2.24, 2.45) is 0 Å². The molecule has 124 valence electrons. The number of benzene rings is 1. The molecule has 0 bridgehead atoms. The van der Waals surface area contributed by atoms with Crippen molar-refractivity contribution >= 4 is 0 Å². The van der Waals surface area contributed by atoms with E-state index in [0.717, 1.165) is 25.9 Å². The van der Waals surface area contributed by atoms with Crippen LogP contribution in [0.3, 0.4) is 0 Å². The van der Waals surface area contributed by atoms with Crippen molar-refractivity contribution in [3.63, 3.8) is 0 Å². The molecule has 4 heteroatoms. The topological polar surface area (TPSA) is 52.9 Å². The number of hydrogen-bond donors (Lipinski definition) is 2. The van der Waals surface area contributed by atoms with Gasteiger partial charge in [-0.25, -0.2) is 0 Å². The lowest BCUT2D eigenvalue weighted by atomic mass is 9.85. The molecule has 0 aliphatic carbocycles. The number of hydrogen-bond acceptors (Lipinski definition) is 4. The molecule has 0 spiro atoms. The van der Waals surface area contributed by atoms with Gasteiger partial charge in [0.05, 0.1) is 24.4 Å². The van der Waals surface area contributed by atoms with E-state index in [2.05, 4.69) is 17.0 Å². The molecule has 1 unspecified atom stereocenters. The minimum Gasteiger partial charge on any atom is -0.389 e. The monoisotopic (exact) mass is 307 g/mol. The predicted octanol–water partition coefficient (Wildman–Crippen LogP) is 1.84. The van der Waals surface area contributed by atoms with Gasteiger partial charge in [-0.15, -0.1) is 0 Å². The summed E-state index contributed by atoms with van der Waals surface area (Å²) in [5.74, 6) is 0. The van der Waals surface area contributed by atoms with Crippen LogP contribution in [0.15, 0.2) is 30.3 Å². The summed E-state index contributed by atoms with van der Waals surface area (Å²) in [6.45, 7) is 6.58. The van der Waals surface area contributed by atoms with E-state index in [-0.39, 0.29) is 6.10 Å². The third-order valence-corrected chi connectivity index (χ3v) is 4.25. The third kappa shape index (κ3) is 5.69. The molecule has 0 amide bonds. The molecule has 1 saturated heterocycles. The maximum absolute atomic E-state index is 10.7. The van der Waals surface area contributed by atoms with Crippen LogP contribution >= 0.6 is 0 Å². The first-order valence-corrected chi connectivity index (χ1v) is 8.25. The minimum absolute atomic E-state index is 0.145. The Morgan fingerprint density at radius 3 is 2.41 bits per heavy atom. The standard InChI is InChI=1S/C18H29NO3/c1-15(2)22-14-17(20)13-19-10-8-18(21,9-11-19)12-16-6-4-3-5-7-16/h3-7,15,17,20-21H,8-14H2,1-2H3. The molecular formula is C18H29NO3.